The fraction of sp³-hybridized carbons (Fsp3) is 0.708. The lowest BCUT2D eigenvalue weighted by atomic mass is 9.99. The molecule has 2 saturated heterocycles. The van der Waals surface area contributed by atoms with Gasteiger partial charge in [-0.15, -0.1) is 0 Å². The molecule has 5 nitrogen and oxygen atoms in total. The van der Waals surface area contributed by atoms with Crippen molar-refractivity contribution in [3.63, 3.8) is 0 Å². The SMILES string of the molecule is CCNC(=NCc1ccc(CN2CCC(C)CC2)cc1)N1CCC(OCC)CC1. The summed E-state index contributed by atoms with van der Waals surface area (Å²) in [5, 5.41) is 3.47. The zero-order chi connectivity index (χ0) is 20.5. The Morgan fingerprint density at radius 3 is 2.28 bits per heavy atom. The maximum atomic E-state index is 5.78. The monoisotopic (exact) mass is 400 g/mol. The first-order valence-electron chi connectivity index (χ1n) is 11.6. The van der Waals surface area contributed by atoms with E-state index < -0.39 is 0 Å². The number of ether oxygens (including phenoxy) is 1. The van der Waals surface area contributed by atoms with E-state index in [0.717, 1.165) is 64.0 Å². The van der Waals surface area contributed by atoms with Crippen molar-refractivity contribution in [3.05, 3.63) is 35.4 Å². The molecule has 2 heterocycles. The lowest BCUT2D eigenvalue weighted by molar-refractivity contribution is 0.0263. The highest BCUT2D eigenvalue weighted by atomic mass is 16.5. The zero-order valence-electron chi connectivity index (χ0n) is 18.7. The Hall–Kier alpha value is -1.59. The number of guanidine groups is 1. The standard InChI is InChI=1S/C24H40N4O/c1-4-25-24(28-16-12-23(13-17-28)29-5-2)26-18-21-6-8-22(9-7-21)19-27-14-10-20(3)11-15-27/h6-9,20,23H,4-5,10-19H2,1-3H3,(H,25,26). The molecule has 2 fully saturated rings. The van der Waals surface area contributed by atoms with E-state index >= 15 is 0 Å². The fourth-order valence-electron chi connectivity index (χ4n) is 4.29. The summed E-state index contributed by atoms with van der Waals surface area (Å²) < 4.78 is 5.78. The Morgan fingerprint density at radius 1 is 1.00 bits per heavy atom. The van der Waals surface area contributed by atoms with E-state index in [2.05, 4.69) is 60.2 Å². The summed E-state index contributed by atoms with van der Waals surface area (Å²) in [6, 6.07) is 9.05. The number of hydrogen-bond donors (Lipinski definition) is 1. The van der Waals surface area contributed by atoms with Gasteiger partial charge in [0.05, 0.1) is 12.6 Å². The Kier molecular flexibility index (Phi) is 8.81. The summed E-state index contributed by atoms with van der Waals surface area (Å²) in [6.45, 7) is 14.6. The molecule has 162 valence electrons. The van der Waals surface area contributed by atoms with Gasteiger partial charge in [-0.1, -0.05) is 31.2 Å². The second kappa shape index (κ2) is 11.6. The smallest absolute Gasteiger partial charge is 0.194 e. The highest BCUT2D eigenvalue weighted by molar-refractivity contribution is 5.80. The Balaban J connectivity index is 1.51. The van der Waals surface area contributed by atoms with Crippen LogP contribution >= 0.6 is 0 Å². The van der Waals surface area contributed by atoms with E-state index in [1.807, 2.05) is 0 Å². The average molecular weight is 401 g/mol. The lowest BCUT2D eigenvalue weighted by Crippen LogP contribution is -2.47. The molecular weight excluding hydrogens is 360 g/mol. The molecule has 1 N–H and O–H groups in total. The van der Waals surface area contributed by atoms with Crippen molar-refractivity contribution >= 4 is 5.96 Å². The van der Waals surface area contributed by atoms with Crippen LogP contribution in [0.3, 0.4) is 0 Å². The van der Waals surface area contributed by atoms with Gasteiger partial charge < -0.3 is 15.0 Å². The molecule has 0 spiro atoms. The minimum atomic E-state index is 0.412. The molecular formula is C24H40N4O. The third-order valence-corrected chi connectivity index (χ3v) is 6.20. The van der Waals surface area contributed by atoms with Gasteiger partial charge in [0, 0.05) is 32.8 Å². The highest BCUT2D eigenvalue weighted by Crippen LogP contribution is 2.19. The number of likely N-dealkylation sites (tertiary alicyclic amines) is 2. The normalized spacial score (nSPS) is 20.2. The fourth-order valence-corrected chi connectivity index (χ4v) is 4.29. The highest BCUT2D eigenvalue weighted by Gasteiger charge is 2.21. The van der Waals surface area contributed by atoms with Crippen LogP contribution in [0.5, 0.6) is 0 Å². The second-order valence-electron chi connectivity index (χ2n) is 8.59. The summed E-state index contributed by atoms with van der Waals surface area (Å²) >= 11 is 0. The summed E-state index contributed by atoms with van der Waals surface area (Å²) in [5.41, 5.74) is 2.69. The Bertz CT molecular complexity index is 614. The molecule has 0 saturated carbocycles. The van der Waals surface area contributed by atoms with Gasteiger partial charge >= 0.3 is 0 Å². The minimum absolute atomic E-state index is 0.412. The summed E-state index contributed by atoms with van der Waals surface area (Å²) in [7, 11) is 0. The van der Waals surface area contributed by atoms with E-state index in [9.17, 15) is 0 Å². The van der Waals surface area contributed by atoms with Crippen molar-refractivity contribution in [1.82, 2.24) is 15.1 Å². The van der Waals surface area contributed by atoms with Crippen LogP contribution in [-0.2, 0) is 17.8 Å². The van der Waals surface area contributed by atoms with Gasteiger partial charge in [0.25, 0.3) is 0 Å². The molecule has 0 bridgehead atoms. The van der Waals surface area contributed by atoms with E-state index in [1.54, 1.807) is 0 Å². The van der Waals surface area contributed by atoms with E-state index in [1.165, 1.54) is 37.1 Å². The third kappa shape index (κ3) is 7.00. The number of benzene rings is 1. The van der Waals surface area contributed by atoms with Crippen LogP contribution in [0.2, 0.25) is 0 Å². The van der Waals surface area contributed by atoms with Gasteiger partial charge in [-0.3, -0.25) is 4.90 Å². The summed E-state index contributed by atoms with van der Waals surface area (Å²) in [4.78, 5) is 9.88. The first-order chi connectivity index (χ1) is 14.2. The number of nitrogens with zero attached hydrogens (tertiary/aromatic N) is 3. The first kappa shape index (κ1) is 22.1. The molecule has 2 aliphatic rings. The van der Waals surface area contributed by atoms with Gasteiger partial charge in [0.2, 0.25) is 0 Å². The van der Waals surface area contributed by atoms with Gasteiger partial charge in [0.15, 0.2) is 5.96 Å². The molecule has 2 aliphatic heterocycles. The van der Waals surface area contributed by atoms with Crippen LogP contribution < -0.4 is 5.32 Å². The van der Waals surface area contributed by atoms with Crippen LogP contribution in [0.15, 0.2) is 29.3 Å². The largest absolute Gasteiger partial charge is 0.378 e. The van der Waals surface area contributed by atoms with Crippen LogP contribution in [0.1, 0.15) is 57.6 Å². The van der Waals surface area contributed by atoms with Gasteiger partial charge in [-0.2, -0.15) is 0 Å². The van der Waals surface area contributed by atoms with Gasteiger partial charge in [-0.25, -0.2) is 4.99 Å². The molecule has 5 heteroatoms. The van der Waals surface area contributed by atoms with Crippen molar-refractivity contribution in [1.29, 1.82) is 0 Å². The lowest BCUT2D eigenvalue weighted by Gasteiger charge is -2.34. The van der Waals surface area contributed by atoms with E-state index in [4.69, 9.17) is 9.73 Å². The molecule has 1 aromatic rings. The maximum Gasteiger partial charge on any atom is 0.194 e. The van der Waals surface area contributed by atoms with Crippen LogP contribution in [0.4, 0.5) is 0 Å². The predicted octanol–water partition coefficient (Wildman–Crippen LogP) is 3.88. The van der Waals surface area contributed by atoms with Crippen molar-refractivity contribution in [2.75, 3.05) is 39.3 Å². The molecule has 0 aliphatic carbocycles. The quantitative estimate of drug-likeness (QED) is 0.557. The van der Waals surface area contributed by atoms with E-state index in [0.29, 0.717) is 6.10 Å². The minimum Gasteiger partial charge on any atom is -0.378 e. The van der Waals surface area contributed by atoms with Gasteiger partial charge in [-0.05, 0) is 69.7 Å². The maximum absolute atomic E-state index is 5.78. The van der Waals surface area contributed by atoms with Crippen molar-refractivity contribution in [3.8, 4) is 0 Å². The molecule has 0 amide bonds. The third-order valence-electron chi connectivity index (χ3n) is 6.20. The number of nitrogens with one attached hydrogen (secondary N) is 1. The van der Waals surface area contributed by atoms with Crippen molar-refractivity contribution in [2.24, 2.45) is 10.9 Å². The molecule has 3 rings (SSSR count). The van der Waals surface area contributed by atoms with Gasteiger partial charge in [0.1, 0.15) is 0 Å². The first-order valence-corrected chi connectivity index (χ1v) is 11.6. The molecule has 29 heavy (non-hydrogen) atoms. The van der Waals surface area contributed by atoms with Crippen molar-refractivity contribution < 1.29 is 4.74 Å². The molecule has 0 aromatic heterocycles. The summed E-state index contributed by atoms with van der Waals surface area (Å²) in [5.74, 6) is 1.93. The molecule has 0 radical (unpaired) electrons. The zero-order valence-corrected chi connectivity index (χ0v) is 18.7. The number of rotatable bonds is 7. The molecule has 0 unspecified atom stereocenters. The number of aliphatic imine (C=N–C) groups is 1. The van der Waals surface area contributed by atoms with Crippen LogP contribution in [0, 0.1) is 5.92 Å². The second-order valence-corrected chi connectivity index (χ2v) is 8.59. The molecule has 0 atom stereocenters. The van der Waals surface area contributed by atoms with Crippen LogP contribution in [-0.4, -0.2) is 61.2 Å². The number of piperidine rings is 2. The van der Waals surface area contributed by atoms with Crippen molar-refractivity contribution in [2.45, 2.75) is 65.6 Å². The number of hydrogen-bond acceptors (Lipinski definition) is 3. The van der Waals surface area contributed by atoms with Crippen LogP contribution in [0.25, 0.3) is 0 Å². The molecule has 1 aromatic carbocycles. The predicted molar refractivity (Wildman–Crippen MR) is 121 cm³/mol. The topological polar surface area (TPSA) is 40.1 Å². The average Bonchev–Trinajstić information content (AvgIpc) is 2.75. The Morgan fingerprint density at radius 2 is 1.66 bits per heavy atom. The summed E-state index contributed by atoms with van der Waals surface area (Å²) in [6.07, 6.45) is 5.25. The van der Waals surface area contributed by atoms with E-state index in [-0.39, 0.29) is 0 Å². The Labute approximate surface area is 177 Å².